The zero-order chi connectivity index (χ0) is 14.4. The first-order valence-electron chi connectivity index (χ1n) is 5.21. The van der Waals surface area contributed by atoms with Gasteiger partial charge < -0.3 is 15.2 Å². The normalized spacial score (nSPS) is 11.9. The topological polar surface area (TPSA) is 115 Å². The molecule has 0 saturated heterocycles. The van der Waals surface area contributed by atoms with Gasteiger partial charge in [0.1, 0.15) is 5.56 Å². The molecule has 1 aromatic rings. The number of hydrogen-bond acceptors (Lipinski definition) is 6. The van der Waals surface area contributed by atoms with Crippen LogP contribution in [0.15, 0.2) is 12.3 Å². The van der Waals surface area contributed by atoms with Crippen molar-refractivity contribution in [3.05, 3.63) is 33.1 Å². The van der Waals surface area contributed by atoms with Crippen LogP contribution in [0.5, 0.6) is 0 Å². The van der Waals surface area contributed by atoms with E-state index in [4.69, 9.17) is 11.6 Å². The van der Waals surface area contributed by atoms with Crippen molar-refractivity contribution < 1.29 is 19.6 Å². The molecule has 0 radical (unpaired) electrons. The first-order valence-corrected chi connectivity index (χ1v) is 5.59. The highest BCUT2D eigenvalue weighted by atomic mass is 35.5. The fourth-order valence-corrected chi connectivity index (χ4v) is 1.57. The van der Waals surface area contributed by atoms with Crippen LogP contribution in [0.25, 0.3) is 0 Å². The third-order valence-corrected chi connectivity index (χ3v) is 2.44. The van der Waals surface area contributed by atoms with Crippen LogP contribution in [0.2, 0.25) is 5.15 Å². The number of nitrogens with zero attached hydrogens (tertiary/aromatic N) is 2. The summed E-state index contributed by atoms with van der Waals surface area (Å²) in [6, 6.07) is 1.18. The Morgan fingerprint density at radius 3 is 3.00 bits per heavy atom. The molecule has 0 aromatic carbocycles. The summed E-state index contributed by atoms with van der Waals surface area (Å²) < 4.78 is 4.68. The molecule has 104 valence electrons. The minimum atomic E-state index is -0.898. The van der Waals surface area contributed by atoms with Crippen LogP contribution in [0, 0.1) is 10.1 Å². The SMILES string of the molecule is COCC(O)CNC(=O)c1ccnc(Cl)c1[N+](=O)[O-]. The largest absolute Gasteiger partial charge is 0.389 e. The first-order chi connectivity index (χ1) is 8.97. The van der Waals surface area contributed by atoms with Crippen molar-refractivity contribution in [3.8, 4) is 0 Å². The van der Waals surface area contributed by atoms with E-state index in [0.29, 0.717) is 0 Å². The molecule has 1 unspecified atom stereocenters. The number of nitro groups is 1. The fourth-order valence-electron chi connectivity index (χ4n) is 1.34. The number of ether oxygens (including phenoxy) is 1. The zero-order valence-corrected chi connectivity index (χ0v) is 10.8. The molecule has 0 aliphatic rings. The molecular weight excluding hydrogens is 278 g/mol. The number of halogens is 1. The molecule has 0 bridgehead atoms. The molecule has 0 saturated carbocycles. The Morgan fingerprint density at radius 2 is 2.42 bits per heavy atom. The third-order valence-electron chi connectivity index (χ3n) is 2.16. The maximum atomic E-state index is 11.8. The highest BCUT2D eigenvalue weighted by Crippen LogP contribution is 2.25. The Labute approximate surface area is 113 Å². The molecule has 1 atom stereocenters. The van der Waals surface area contributed by atoms with Gasteiger partial charge in [-0.25, -0.2) is 4.98 Å². The molecule has 0 spiro atoms. The average Bonchev–Trinajstić information content (AvgIpc) is 2.35. The van der Waals surface area contributed by atoms with Crippen molar-refractivity contribution in [2.24, 2.45) is 0 Å². The lowest BCUT2D eigenvalue weighted by atomic mass is 10.2. The summed E-state index contributed by atoms with van der Waals surface area (Å²) in [4.78, 5) is 25.4. The molecule has 0 fully saturated rings. The van der Waals surface area contributed by atoms with Gasteiger partial charge >= 0.3 is 5.69 Å². The number of amides is 1. The van der Waals surface area contributed by atoms with E-state index < -0.39 is 22.6 Å². The van der Waals surface area contributed by atoms with Crippen LogP contribution in [-0.2, 0) is 4.74 Å². The van der Waals surface area contributed by atoms with Crippen molar-refractivity contribution in [2.45, 2.75) is 6.10 Å². The van der Waals surface area contributed by atoms with Gasteiger partial charge in [0.15, 0.2) is 0 Å². The van der Waals surface area contributed by atoms with Crippen LogP contribution in [0.1, 0.15) is 10.4 Å². The van der Waals surface area contributed by atoms with E-state index in [9.17, 15) is 20.0 Å². The summed E-state index contributed by atoms with van der Waals surface area (Å²) in [5.41, 5.74) is -0.780. The lowest BCUT2D eigenvalue weighted by molar-refractivity contribution is -0.385. The van der Waals surface area contributed by atoms with Gasteiger partial charge in [0, 0.05) is 19.9 Å². The lowest BCUT2D eigenvalue weighted by Gasteiger charge is -2.10. The van der Waals surface area contributed by atoms with Crippen LogP contribution >= 0.6 is 11.6 Å². The van der Waals surface area contributed by atoms with E-state index in [1.807, 2.05) is 0 Å². The van der Waals surface area contributed by atoms with Crippen molar-refractivity contribution >= 4 is 23.2 Å². The molecule has 0 aliphatic heterocycles. The van der Waals surface area contributed by atoms with E-state index in [0.717, 1.165) is 0 Å². The van der Waals surface area contributed by atoms with Crippen LogP contribution < -0.4 is 5.32 Å². The van der Waals surface area contributed by atoms with E-state index in [1.165, 1.54) is 19.4 Å². The summed E-state index contributed by atoms with van der Waals surface area (Å²) in [5.74, 6) is -0.717. The number of aromatic nitrogens is 1. The highest BCUT2D eigenvalue weighted by molar-refractivity contribution is 6.32. The molecule has 19 heavy (non-hydrogen) atoms. The smallest absolute Gasteiger partial charge is 0.319 e. The van der Waals surface area contributed by atoms with Gasteiger partial charge in [-0.05, 0) is 6.07 Å². The van der Waals surface area contributed by atoms with Gasteiger partial charge in [0.25, 0.3) is 5.91 Å². The number of rotatable bonds is 6. The monoisotopic (exact) mass is 289 g/mol. The lowest BCUT2D eigenvalue weighted by Crippen LogP contribution is -2.34. The fraction of sp³-hybridized carbons (Fsp3) is 0.400. The predicted molar refractivity (Wildman–Crippen MR) is 66.1 cm³/mol. The number of carbonyl (C=O) groups excluding carboxylic acids is 1. The number of aliphatic hydroxyl groups is 1. The molecule has 9 heteroatoms. The Hall–Kier alpha value is -1.77. The molecule has 1 rings (SSSR count). The molecule has 1 heterocycles. The number of pyridine rings is 1. The summed E-state index contributed by atoms with van der Waals surface area (Å²) in [7, 11) is 1.40. The second-order valence-corrected chi connectivity index (χ2v) is 3.93. The van der Waals surface area contributed by atoms with Crippen LogP contribution in [0.4, 0.5) is 5.69 Å². The summed E-state index contributed by atoms with van der Waals surface area (Å²) in [6.07, 6.45) is 0.292. The van der Waals surface area contributed by atoms with Gasteiger partial charge in [-0.1, -0.05) is 11.6 Å². The van der Waals surface area contributed by atoms with Gasteiger partial charge in [-0.2, -0.15) is 0 Å². The van der Waals surface area contributed by atoms with Gasteiger partial charge in [-0.15, -0.1) is 0 Å². The van der Waals surface area contributed by atoms with Crippen molar-refractivity contribution in [1.29, 1.82) is 0 Å². The molecule has 0 aliphatic carbocycles. The molecular formula is C10H12ClN3O5. The Bertz CT molecular complexity index is 482. The van der Waals surface area contributed by atoms with Gasteiger partial charge in [0.2, 0.25) is 5.15 Å². The van der Waals surface area contributed by atoms with E-state index in [-0.39, 0.29) is 23.9 Å². The maximum absolute atomic E-state index is 11.8. The zero-order valence-electron chi connectivity index (χ0n) is 10.00. The van der Waals surface area contributed by atoms with E-state index >= 15 is 0 Å². The third kappa shape index (κ3) is 4.12. The van der Waals surface area contributed by atoms with Gasteiger partial charge in [-0.3, -0.25) is 14.9 Å². The van der Waals surface area contributed by atoms with Crippen molar-refractivity contribution in [1.82, 2.24) is 10.3 Å². The summed E-state index contributed by atoms with van der Waals surface area (Å²) in [5, 5.41) is 22.2. The second kappa shape index (κ2) is 6.98. The number of carbonyl (C=O) groups is 1. The minimum absolute atomic E-state index is 0.0411. The average molecular weight is 290 g/mol. The van der Waals surface area contributed by atoms with E-state index in [1.54, 1.807) is 0 Å². The van der Waals surface area contributed by atoms with Crippen molar-refractivity contribution in [2.75, 3.05) is 20.3 Å². The first kappa shape index (κ1) is 15.3. The summed E-state index contributed by atoms with van der Waals surface area (Å²) >= 11 is 5.58. The summed E-state index contributed by atoms with van der Waals surface area (Å²) in [6.45, 7) is -0.0523. The van der Waals surface area contributed by atoms with Gasteiger partial charge in [0.05, 0.1) is 17.6 Å². The molecule has 1 amide bonds. The maximum Gasteiger partial charge on any atom is 0.319 e. The molecule has 8 nitrogen and oxygen atoms in total. The van der Waals surface area contributed by atoms with Crippen LogP contribution in [-0.4, -0.2) is 47.3 Å². The Kier molecular flexibility index (Phi) is 5.61. The van der Waals surface area contributed by atoms with E-state index in [2.05, 4.69) is 15.0 Å². The Morgan fingerprint density at radius 1 is 1.74 bits per heavy atom. The minimum Gasteiger partial charge on any atom is -0.389 e. The Balaban J connectivity index is 2.83. The second-order valence-electron chi connectivity index (χ2n) is 3.57. The standard InChI is InChI=1S/C10H12ClN3O5/c1-19-5-6(15)4-13-10(16)7-2-3-12-9(11)8(7)14(17)18/h2-3,6,15H,4-5H2,1H3,(H,13,16). The number of hydrogen-bond donors (Lipinski definition) is 2. The highest BCUT2D eigenvalue weighted by Gasteiger charge is 2.24. The number of nitrogens with one attached hydrogen (secondary N) is 1. The quantitative estimate of drug-likeness (QED) is 0.444. The van der Waals surface area contributed by atoms with Crippen LogP contribution in [0.3, 0.4) is 0 Å². The number of methoxy groups -OCH3 is 1. The molecule has 2 N–H and O–H groups in total. The predicted octanol–water partition coefficient (Wildman–Crippen LogP) is 0.380. The van der Waals surface area contributed by atoms with Crippen molar-refractivity contribution in [3.63, 3.8) is 0 Å². The number of aliphatic hydroxyl groups excluding tert-OH is 1. The molecule has 1 aromatic heterocycles.